The Hall–Kier alpha value is -0.610. The molecule has 0 aliphatic carbocycles. The van der Waals surface area contributed by atoms with Crippen LogP contribution in [0.3, 0.4) is 0 Å². The third-order valence-electron chi connectivity index (χ3n) is 3.07. The quantitative estimate of drug-likeness (QED) is 0.623. The molecule has 0 bridgehead atoms. The minimum atomic E-state index is 0.118. The van der Waals surface area contributed by atoms with Gasteiger partial charge in [-0.2, -0.15) is 0 Å². The molecule has 0 N–H and O–H groups in total. The standard InChI is InChI=1S/C10H18N2O2/c1-11(2)9(13)6-12-7-10(8-12)4-3-5-14-10/h3-8H2,1-2H3. The van der Waals surface area contributed by atoms with Gasteiger partial charge in [0.2, 0.25) is 5.91 Å². The topological polar surface area (TPSA) is 32.8 Å². The third-order valence-corrected chi connectivity index (χ3v) is 3.07. The number of carbonyl (C=O) groups is 1. The van der Waals surface area contributed by atoms with Gasteiger partial charge in [-0.05, 0) is 12.8 Å². The van der Waals surface area contributed by atoms with Gasteiger partial charge in [0.15, 0.2) is 0 Å². The maximum Gasteiger partial charge on any atom is 0.236 e. The van der Waals surface area contributed by atoms with Crippen LogP contribution in [0.5, 0.6) is 0 Å². The highest BCUT2D eigenvalue weighted by atomic mass is 16.5. The highest BCUT2D eigenvalue weighted by molar-refractivity contribution is 5.77. The molecule has 2 saturated heterocycles. The van der Waals surface area contributed by atoms with Crippen molar-refractivity contribution < 1.29 is 9.53 Å². The average Bonchev–Trinajstić information content (AvgIpc) is 2.51. The van der Waals surface area contributed by atoms with Gasteiger partial charge in [-0.15, -0.1) is 0 Å². The van der Waals surface area contributed by atoms with Crippen LogP contribution in [0.25, 0.3) is 0 Å². The molecule has 1 amide bonds. The van der Waals surface area contributed by atoms with Crippen LogP contribution >= 0.6 is 0 Å². The summed E-state index contributed by atoms with van der Waals surface area (Å²) in [4.78, 5) is 15.2. The van der Waals surface area contributed by atoms with Crippen molar-refractivity contribution in [2.24, 2.45) is 0 Å². The van der Waals surface area contributed by atoms with Crippen LogP contribution in [0.15, 0.2) is 0 Å². The summed E-state index contributed by atoms with van der Waals surface area (Å²) in [6.07, 6.45) is 2.34. The monoisotopic (exact) mass is 198 g/mol. The van der Waals surface area contributed by atoms with Crippen molar-refractivity contribution >= 4 is 5.91 Å². The largest absolute Gasteiger partial charge is 0.372 e. The molecule has 80 valence electrons. The second kappa shape index (κ2) is 3.51. The Labute approximate surface area is 84.8 Å². The first-order chi connectivity index (χ1) is 6.61. The molecule has 1 spiro atoms. The van der Waals surface area contributed by atoms with Gasteiger partial charge in [-0.1, -0.05) is 0 Å². The number of likely N-dealkylation sites (tertiary alicyclic amines) is 1. The smallest absolute Gasteiger partial charge is 0.236 e. The zero-order valence-corrected chi connectivity index (χ0v) is 8.95. The Morgan fingerprint density at radius 2 is 2.21 bits per heavy atom. The van der Waals surface area contributed by atoms with E-state index < -0.39 is 0 Å². The van der Waals surface area contributed by atoms with Crippen LogP contribution in [0, 0.1) is 0 Å². The molecule has 0 saturated carbocycles. The Kier molecular flexibility index (Phi) is 2.49. The van der Waals surface area contributed by atoms with Crippen molar-refractivity contribution in [3.8, 4) is 0 Å². The summed E-state index contributed by atoms with van der Waals surface area (Å²) in [5, 5.41) is 0. The van der Waals surface area contributed by atoms with Gasteiger partial charge < -0.3 is 9.64 Å². The maximum atomic E-state index is 11.4. The molecule has 0 aromatic carbocycles. The zero-order chi connectivity index (χ0) is 10.2. The fraction of sp³-hybridized carbons (Fsp3) is 0.900. The molecule has 2 aliphatic heterocycles. The molecule has 0 aromatic rings. The molecule has 2 rings (SSSR count). The zero-order valence-electron chi connectivity index (χ0n) is 8.95. The van der Waals surface area contributed by atoms with Crippen LogP contribution in [0.4, 0.5) is 0 Å². The number of hydrogen-bond donors (Lipinski definition) is 0. The lowest BCUT2D eigenvalue weighted by Gasteiger charge is -2.47. The minimum absolute atomic E-state index is 0.118. The van der Waals surface area contributed by atoms with Crippen molar-refractivity contribution in [3.05, 3.63) is 0 Å². The number of ether oxygens (including phenoxy) is 1. The predicted octanol–water partition coefficient (Wildman–Crippen LogP) is -0.0606. The molecule has 2 fully saturated rings. The summed E-state index contributed by atoms with van der Waals surface area (Å²) < 4.78 is 5.68. The van der Waals surface area contributed by atoms with E-state index in [-0.39, 0.29) is 11.5 Å². The average molecular weight is 198 g/mol. The molecule has 0 aromatic heterocycles. The highest BCUT2D eigenvalue weighted by Gasteiger charge is 2.46. The summed E-state index contributed by atoms with van der Waals surface area (Å²) in [5.74, 6) is 0.179. The fourth-order valence-corrected chi connectivity index (χ4v) is 2.22. The summed E-state index contributed by atoms with van der Waals surface area (Å²) >= 11 is 0. The van der Waals surface area contributed by atoms with Crippen molar-refractivity contribution in [3.63, 3.8) is 0 Å². The number of nitrogens with zero attached hydrogens (tertiary/aromatic N) is 2. The van der Waals surface area contributed by atoms with Gasteiger partial charge in [0, 0.05) is 33.8 Å². The first-order valence-corrected chi connectivity index (χ1v) is 5.18. The summed E-state index contributed by atoms with van der Waals surface area (Å²) in [5.41, 5.74) is 0.118. The Morgan fingerprint density at radius 1 is 1.50 bits per heavy atom. The van der Waals surface area contributed by atoms with Crippen LogP contribution in [-0.2, 0) is 9.53 Å². The maximum absolute atomic E-state index is 11.4. The van der Waals surface area contributed by atoms with Crippen LogP contribution in [-0.4, -0.2) is 61.6 Å². The van der Waals surface area contributed by atoms with E-state index in [9.17, 15) is 4.79 Å². The minimum Gasteiger partial charge on any atom is -0.372 e. The molecule has 2 heterocycles. The molecule has 4 nitrogen and oxygen atoms in total. The first kappa shape index (κ1) is 9.93. The lowest BCUT2D eigenvalue weighted by molar-refractivity contribution is -0.141. The summed E-state index contributed by atoms with van der Waals surface area (Å²) in [7, 11) is 3.59. The third kappa shape index (κ3) is 1.77. The van der Waals surface area contributed by atoms with Gasteiger partial charge in [-0.3, -0.25) is 9.69 Å². The van der Waals surface area contributed by atoms with Crippen LogP contribution in [0.1, 0.15) is 12.8 Å². The van der Waals surface area contributed by atoms with Crippen molar-refractivity contribution in [2.45, 2.75) is 18.4 Å². The second-order valence-electron chi connectivity index (χ2n) is 4.57. The number of carbonyl (C=O) groups excluding carboxylic acids is 1. The van der Waals surface area contributed by atoms with Gasteiger partial charge in [0.05, 0.1) is 12.1 Å². The van der Waals surface area contributed by atoms with Crippen LogP contribution in [0.2, 0.25) is 0 Å². The van der Waals surface area contributed by atoms with Gasteiger partial charge in [0.1, 0.15) is 0 Å². The van der Waals surface area contributed by atoms with E-state index in [0.29, 0.717) is 6.54 Å². The molecular weight excluding hydrogens is 180 g/mol. The summed E-state index contributed by atoms with van der Waals surface area (Å²) in [6.45, 7) is 3.31. The van der Waals surface area contributed by atoms with Gasteiger partial charge >= 0.3 is 0 Å². The number of amides is 1. The fourth-order valence-electron chi connectivity index (χ4n) is 2.22. The van der Waals surface area contributed by atoms with E-state index in [1.165, 1.54) is 12.8 Å². The van der Waals surface area contributed by atoms with E-state index >= 15 is 0 Å². The molecule has 4 heteroatoms. The number of likely N-dealkylation sites (N-methyl/N-ethyl adjacent to an activating group) is 1. The molecule has 0 atom stereocenters. The van der Waals surface area contributed by atoms with E-state index in [1.54, 1.807) is 19.0 Å². The van der Waals surface area contributed by atoms with Crippen molar-refractivity contribution in [2.75, 3.05) is 40.3 Å². The SMILES string of the molecule is CN(C)C(=O)CN1CC2(CCCO2)C1. The van der Waals surface area contributed by atoms with Gasteiger partial charge in [-0.25, -0.2) is 0 Å². The molecular formula is C10H18N2O2. The Balaban J connectivity index is 1.75. The highest BCUT2D eigenvalue weighted by Crippen LogP contribution is 2.34. The van der Waals surface area contributed by atoms with E-state index in [4.69, 9.17) is 4.74 Å². The molecule has 0 radical (unpaired) electrons. The van der Waals surface area contributed by atoms with E-state index in [2.05, 4.69) is 4.90 Å². The van der Waals surface area contributed by atoms with Crippen molar-refractivity contribution in [1.29, 1.82) is 0 Å². The van der Waals surface area contributed by atoms with Crippen LogP contribution < -0.4 is 0 Å². The van der Waals surface area contributed by atoms with E-state index in [0.717, 1.165) is 19.7 Å². The summed E-state index contributed by atoms with van der Waals surface area (Å²) in [6, 6.07) is 0. The van der Waals surface area contributed by atoms with Crippen molar-refractivity contribution in [1.82, 2.24) is 9.80 Å². The van der Waals surface area contributed by atoms with E-state index in [1.807, 2.05) is 0 Å². The Bertz CT molecular complexity index is 226. The molecule has 2 aliphatic rings. The number of hydrogen-bond acceptors (Lipinski definition) is 3. The lowest BCUT2D eigenvalue weighted by atomic mass is 9.91. The Morgan fingerprint density at radius 3 is 2.71 bits per heavy atom. The molecule has 14 heavy (non-hydrogen) atoms. The normalized spacial score (nSPS) is 25.0. The first-order valence-electron chi connectivity index (χ1n) is 5.18. The predicted molar refractivity (Wildman–Crippen MR) is 53.1 cm³/mol. The lowest BCUT2D eigenvalue weighted by Crippen LogP contribution is -2.62. The molecule has 0 unspecified atom stereocenters. The number of rotatable bonds is 2. The van der Waals surface area contributed by atoms with Gasteiger partial charge in [0.25, 0.3) is 0 Å². The second-order valence-corrected chi connectivity index (χ2v) is 4.57.